The molecule has 0 amide bonds. The minimum atomic E-state index is -0.108. The minimum Gasteiger partial charge on any atom is -0.487 e. The summed E-state index contributed by atoms with van der Waals surface area (Å²) in [5, 5.41) is 11.2. The van der Waals surface area contributed by atoms with Crippen molar-refractivity contribution in [1.29, 1.82) is 0 Å². The molecule has 0 atom stereocenters. The fourth-order valence-electron chi connectivity index (χ4n) is 1.68. The highest BCUT2D eigenvalue weighted by atomic mass is 32.1. The molecule has 94 valence electrons. The topological polar surface area (TPSA) is 60.8 Å². The molecule has 0 spiro atoms. The first-order valence-corrected chi connectivity index (χ1v) is 6.34. The number of aromatic nitrogens is 1. The molecule has 3 rings (SSSR count). The van der Waals surface area contributed by atoms with Crippen LogP contribution < -0.4 is 14.2 Å². The molecule has 0 saturated carbocycles. The first-order valence-electron chi connectivity index (χ1n) is 5.40. The van der Waals surface area contributed by atoms with E-state index in [4.69, 9.17) is 14.2 Å². The van der Waals surface area contributed by atoms with Gasteiger partial charge in [-0.2, -0.15) is 0 Å². The number of ether oxygens (including phenoxy) is 3. The Morgan fingerprint density at radius 1 is 1.33 bits per heavy atom. The van der Waals surface area contributed by atoms with Crippen LogP contribution in [0.25, 0.3) is 0 Å². The second kappa shape index (κ2) is 4.83. The summed E-state index contributed by atoms with van der Waals surface area (Å²) in [6.45, 7) is 0.467. The van der Waals surface area contributed by atoms with Crippen molar-refractivity contribution in [1.82, 2.24) is 4.98 Å². The van der Waals surface area contributed by atoms with Gasteiger partial charge in [0.2, 0.25) is 6.79 Å². The third-order valence-corrected chi connectivity index (χ3v) is 3.22. The number of aliphatic hydroxyl groups is 1. The van der Waals surface area contributed by atoms with E-state index in [0.717, 1.165) is 5.69 Å². The van der Waals surface area contributed by atoms with Crippen LogP contribution >= 0.6 is 11.3 Å². The van der Waals surface area contributed by atoms with Gasteiger partial charge in [0.15, 0.2) is 11.5 Å². The highest BCUT2D eigenvalue weighted by Gasteiger charge is 2.17. The first kappa shape index (κ1) is 11.3. The quantitative estimate of drug-likeness (QED) is 0.915. The van der Waals surface area contributed by atoms with E-state index >= 15 is 0 Å². The number of thiazole rings is 1. The smallest absolute Gasteiger partial charge is 0.231 e. The van der Waals surface area contributed by atoms with Gasteiger partial charge in [0.25, 0.3) is 0 Å². The van der Waals surface area contributed by atoms with Gasteiger partial charge in [-0.3, -0.25) is 0 Å². The van der Waals surface area contributed by atoms with Gasteiger partial charge < -0.3 is 19.3 Å². The molecule has 18 heavy (non-hydrogen) atoms. The van der Waals surface area contributed by atoms with Gasteiger partial charge in [0, 0.05) is 17.0 Å². The van der Waals surface area contributed by atoms with E-state index in [1.165, 1.54) is 11.3 Å². The summed E-state index contributed by atoms with van der Waals surface area (Å²) >= 11 is 1.52. The average Bonchev–Trinajstić information content (AvgIpc) is 3.05. The molecule has 2 aromatic rings. The summed E-state index contributed by atoms with van der Waals surface area (Å²) in [7, 11) is 0. The minimum absolute atomic E-state index is 0.108. The number of fused-ring (bicyclic) bond motifs is 1. The second-order valence-electron chi connectivity index (χ2n) is 3.74. The Balaban J connectivity index is 1.82. The van der Waals surface area contributed by atoms with Gasteiger partial charge in [-0.15, -0.1) is 11.3 Å². The molecule has 0 aliphatic carbocycles. The summed E-state index contributed by atoms with van der Waals surface area (Å²) in [6, 6.07) is 3.47. The summed E-state index contributed by atoms with van der Waals surface area (Å²) < 4.78 is 16.2. The van der Waals surface area contributed by atoms with Gasteiger partial charge >= 0.3 is 0 Å². The monoisotopic (exact) mass is 265 g/mol. The zero-order valence-electron chi connectivity index (χ0n) is 9.46. The van der Waals surface area contributed by atoms with Gasteiger partial charge in [0.05, 0.1) is 17.8 Å². The van der Waals surface area contributed by atoms with Gasteiger partial charge in [-0.25, -0.2) is 4.98 Å². The fraction of sp³-hybridized carbons (Fsp3) is 0.250. The van der Waals surface area contributed by atoms with Crippen molar-refractivity contribution in [3.63, 3.8) is 0 Å². The average molecular weight is 265 g/mol. The van der Waals surface area contributed by atoms with Crippen LogP contribution in [0.15, 0.2) is 23.0 Å². The maximum absolute atomic E-state index is 9.32. The van der Waals surface area contributed by atoms with Crippen molar-refractivity contribution >= 4 is 11.3 Å². The van der Waals surface area contributed by atoms with Crippen LogP contribution in [0.5, 0.6) is 17.2 Å². The zero-order valence-corrected chi connectivity index (χ0v) is 10.3. The van der Waals surface area contributed by atoms with Gasteiger partial charge in [0.1, 0.15) is 12.4 Å². The molecule has 1 aliphatic rings. The van der Waals surface area contributed by atoms with Crippen LogP contribution in [-0.2, 0) is 13.2 Å². The Kier molecular flexibility index (Phi) is 3.04. The van der Waals surface area contributed by atoms with E-state index in [-0.39, 0.29) is 13.4 Å². The molecule has 0 radical (unpaired) electrons. The standard InChI is InChI=1S/C12H11NO4S/c14-3-8-1-11-12(17-7-16-11)2-10(8)15-4-9-5-18-6-13-9/h1-2,5-6,14H,3-4,7H2. The number of nitrogens with zero attached hydrogens (tertiary/aromatic N) is 1. The van der Waals surface area contributed by atoms with Gasteiger partial charge in [-0.05, 0) is 6.07 Å². The Hall–Kier alpha value is -1.79. The van der Waals surface area contributed by atoms with E-state index in [9.17, 15) is 5.11 Å². The van der Waals surface area contributed by atoms with Crippen LogP contribution in [0.3, 0.4) is 0 Å². The predicted molar refractivity (Wildman–Crippen MR) is 64.9 cm³/mol. The largest absolute Gasteiger partial charge is 0.487 e. The molecule has 0 unspecified atom stereocenters. The molecule has 1 aromatic heterocycles. The Morgan fingerprint density at radius 2 is 2.17 bits per heavy atom. The predicted octanol–water partition coefficient (Wildman–Crippen LogP) is 1.94. The second-order valence-corrected chi connectivity index (χ2v) is 4.46. The van der Waals surface area contributed by atoms with Crippen molar-refractivity contribution in [3.8, 4) is 17.2 Å². The van der Waals surface area contributed by atoms with Crippen LogP contribution in [0, 0.1) is 0 Å². The lowest BCUT2D eigenvalue weighted by Gasteiger charge is -2.10. The van der Waals surface area contributed by atoms with Crippen molar-refractivity contribution in [2.45, 2.75) is 13.2 Å². The molecule has 1 aromatic carbocycles. The number of rotatable bonds is 4. The van der Waals surface area contributed by atoms with E-state index in [1.807, 2.05) is 5.38 Å². The Labute approximate surface area is 108 Å². The summed E-state index contributed by atoms with van der Waals surface area (Å²) in [5.41, 5.74) is 3.29. The van der Waals surface area contributed by atoms with Crippen molar-refractivity contribution in [2.24, 2.45) is 0 Å². The summed E-state index contributed by atoms with van der Waals surface area (Å²) in [5.74, 6) is 1.87. The van der Waals surface area contributed by atoms with Crippen molar-refractivity contribution in [2.75, 3.05) is 6.79 Å². The highest BCUT2D eigenvalue weighted by Crippen LogP contribution is 2.38. The molecule has 0 bridgehead atoms. The zero-order chi connectivity index (χ0) is 12.4. The number of benzene rings is 1. The molecular formula is C12H11NO4S. The normalized spacial score (nSPS) is 12.7. The molecule has 6 heteroatoms. The lowest BCUT2D eigenvalue weighted by atomic mass is 10.2. The molecule has 5 nitrogen and oxygen atoms in total. The summed E-state index contributed by atoms with van der Waals surface area (Å²) in [6.07, 6.45) is 0. The van der Waals surface area contributed by atoms with E-state index in [2.05, 4.69) is 4.98 Å². The maximum Gasteiger partial charge on any atom is 0.231 e. The van der Waals surface area contributed by atoms with E-state index < -0.39 is 0 Å². The number of hydrogen-bond acceptors (Lipinski definition) is 6. The molecule has 0 fully saturated rings. The summed E-state index contributed by atoms with van der Waals surface area (Å²) in [4.78, 5) is 4.13. The van der Waals surface area contributed by atoms with E-state index in [0.29, 0.717) is 29.4 Å². The molecule has 1 aliphatic heterocycles. The van der Waals surface area contributed by atoms with Crippen LogP contribution in [0.1, 0.15) is 11.3 Å². The van der Waals surface area contributed by atoms with Crippen molar-refractivity contribution in [3.05, 3.63) is 34.3 Å². The van der Waals surface area contributed by atoms with Crippen LogP contribution in [0.4, 0.5) is 0 Å². The molecule has 0 saturated heterocycles. The third-order valence-electron chi connectivity index (χ3n) is 2.59. The molecule has 1 N–H and O–H groups in total. The Morgan fingerprint density at radius 3 is 2.89 bits per heavy atom. The van der Waals surface area contributed by atoms with Crippen molar-refractivity contribution < 1.29 is 19.3 Å². The third kappa shape index (κ3) is 2.12. The lowest BCUT2D eigenvalue weighted by Crippen LogP contribution is -1.99. The number of aliphatic hydroxyl groups excluding tert-OH is 1. The maximum atomic E-state index is 9.32. The fourth-order valence-corrected chi connectivity index (χ4v) is 2.23. The van der Waals surface area contributed by atoms with E-state index in [1.54, 1.807) is 17.6 Å². The van der Waals surface area contributed by atoms with Crippen LogP contribution in [0.2, 0.25) is 0 Å². The SMILES string of the molecule is OCc1cc2c(cc1OCc1cscn1)OCO2. The molecule has 2 heterocycles. The van der Waals surface area contributed by atoms with Gasteiger partial charge in [-0.1, -0.05) is 0 Å². The Bertz CT molecular complexity index is 541. The lowest BCUT2D eigenvalue weighted by molar-refractivity contribution is 0.173. The van der Waals surface area contributed by atoms with Crippen LogP contribution in [-0.4, -0.2) is 16.9 Å². The highest BCUT2D eigenvalue weighted by molar-refractivity contribution is 7.07. The first-order chi connectivity index (χ1) is 8.86. The molecular weight excluding hydrogens is 254 g/mol. The number of hydrogen-bond donors (Lipinski definition) is 1.